The Morgan fingerprint density at radius 2 is 0.943 bits per heavy atom. The summed E-state index contributed by atoms with van der Waals surface area (Å²) in [6.07, 6.45) is 49.8. The van der Waals surface area contributed by atoms with Crippen molar-refractivity contribution >= 4 is 11.9 Å². The molecule has 53 heavy (non-hydrogen) atoms. The summed E-state index contributed by atoms with van der Waals surface area (Å²) in [5.41, 5.74) is 0. The highest BCUT2D eigenvalue weighted by atomic mass is 16.5. The molecule has 0 fully saturated rings. The highest BCUT2D eigenvalue weighted by Crippen LogP contribution is 2.14. The summed E-state index contributed by atoms with van der Waals surface area (Å²) >= 11 is 0. The molecule has 310 valence electrons. The molecular formula is C47H87NO5. The van der Waals surface area contributed by atoms with Crippen LogP contribution in [-0.2, 0) is 14.3 Å². The Bertz CT molecular complexity index is 869. The van der Waals surface area contributed by atoms with Gasteiger partial charge in [-0.3, -0.25) is 9.59 Å². The zero-order chi connectivity index (χ0) is 38.7. The third kappa shape index (κ3) is 39.6. The number of esters is 1. The molecule has 0 saturated heterocycles. The fourth-order valence-corrected chi connectivity index (χ4v) is 6.60. The maximum atomic E-state index is 12.3. The van der Waals surface area contributed by atoms with Gasteiger partial charge < -0.3 is 20.3 Å². The monoisotopic (exact) mass is 746 g/mol. The molecule has 2 atom stereocenters. The van der Waals surface area contributed by atoms with Gasteiger partial charge in [0.2, 0.25) is 5.91 Å². The number of aliphatic hydroxyl groups excluding tert-OH is 2. The standard InChI is InChI=1S/C47H87NO5/c1-3-5-7-9-11-13-15-16-17-18-19-20-25-29-33-37-41-47(52)53-42-38-34-30-26-22-21-24-28-32-36-40-46(51)48-44(43-49)45(50)39-35-31-27-23-14-12-10-8-6-4-2/h13,15,17-18,35,39,44-45,49-50H,3-12,14,16,19-34,36-38,40-43H2,1-2H3,(H,48,51)/b15-13-,18-17-,39-35+. The van der Waals surface area contributed by atoms with Crippen molar-refractivity contribution < 1.29 is 24.5 Å². The number of unbranched alkanes of at least 4 members (excludes halogenated alkanes) is 26. The molecule has 2 unspecified atom stereocenters. The third-order valence-corrected chi connectivity index (χ3v) is 10.2. The van der Waals surface area contributed by atoms with Crippen LogP contribution in [-0.4, -0.2) is 47.4 Å². The van der Waals surface area contributed by atoms with E-state index in [-0.39, 0.29) is 18.5 Å². The smallest absolute Gasteiger partial charge is 0.305 e. The van der Waals surface area contributed by atoms with Gasteiger partial charge in [0.05, 0.1) is 25.4 Å². The largest absolute Gasteiger partial charge is 0.466 e. The average Bonchev–Trinajstić information content (AvgIpc) is 3.16. The van der Waals surface area contributed by atoms with E-state index in [0.29, 0.717) is 19.4 Å². The van der Waals surface area contributed by atoms with Gasteiger partial charge in [-0.15, -0.1) is 0 Å². The van der Waals surface area contributed by atoms with Crippen LogP contribution in [0.15, 0.2) is 36.5 Å². The SMILES string of the molecule is CCCCCC/C=C\C/C=C\CCCCCCCC(=O)OCCCCCCCCCCCCC(=O)NC(CO)C(O)/C=C/CCCCCCCCCC. The van der Waals surface area contributed by atoms with Gasteiger partial charge in [-0.25, -0.2) is 0 Å². The summed E-state index contributed by atoms with van der Waals surface area (Å²) in [7, 11) is 0. The first-order chi connectivity index (χ1) is 26.0. The number of hydrogen-bond donors (Lipinski definition) is 3. The molecule has 0 aromatic heterocycles. The normalized spacial score (nSPS) is 13.1. The number of carbonyl (C=O) groups excluding carboxylic acids is 2. The average molecular weight is 746 g/mol. The lowest BCUT2D eigenvalue weighted by Gasteiger charge is -2.20. The molecule has 0 bridgehead atoms. The van der Waals surface area contributed by atoms with Crippen LogP contribution in [0.1, 0.15) is 226 Å². The molecule has 0 rings (SSSR count). The number of carbonyl (C=O) groups is 2. The summed E-state index contributed by atoms with van der Waals surface area (Å²) in [5.74, 6) is -0.131. The van der Waals surface area contributed by atoms with E-state index in [4.69, 9.17) is 4.74 Å². The van der Waals surface area contributed by atoms with Crippen molar-refractivity contribution in [1.82, 2.24) is 5.32 Å². The van der Waals surface area contributed by atoms with Gasteiger partial charge in [0, 0.05) is 12.8 Å². The van der Waals surface area contributed by atoms with Crippen molar-refractivity contribution in [2.75, 3.05) is 13.2 Å². The second-order valence-electron chi connectivity index (χ2n) is 15.4. The molecule has 3 N–H and O–H groups in total. The van der Waals surface area contributed by atoms with Crippen molar-refractivity contribution in [3.8, 4) is 0 Å². The maximum Gasteiger partial charge on any atom is 0.305 e. The molecule has 1 amide bonds. The summed E-state index contributed by atoms with van der Waals surface area (Å²) in [4.78, 5) is 24.4. The number of nitrogens with one attached hydrogen (secondary N) is 1. The first kappa shape index (κ1) is 51.1. The van der Waals surface area contributed by atoms with Crippen molar-refractivity contribution in [1.29, 1.82) is 0 Å². The highest BCUT2D eigenvalue weighted by Gasteiger charge is 2.18. The molecule has 0 aliphatic rings. The van der Waals surface area contributed by atoms with Crippen LogP contribution < -0.4 is 5.32 Å². The van der Waals surface area contributed by atoms with E-state index in [0.717, 1.165) is 70.6 Å². The van der Waals surface area contributed by atoms with Crippen molar-refractivity contribution in [3.63, 3.8) is 0 Å². The second kappa shape index (κ2) is 42.8. The van der Waals surface area contributed by atoms with Gasteiger partial charge in [0.25, 0.3) is 0 Å². The summed E-state index contributed by atoms with van der Waals surface area (Å²) in [5, 5.41) is 22.9. The molecular weight excluding hydrogens is 659 g/mol. The Morgan fingerprint density at radius 3 is 1.45 bits per heavy atom. The van der Waals surface area contributed by atoms with Crippen LogP contribution in [0.4, 0.5) is 0 Å². The summed E-state index contributed by atoms with van der Waals surface area (Å²) in [6.45, 7) is 4.79. The predicted molar refractivity (Wildman–Crippen MR) is 227 cm³/mol. The lowest BCUT2D eigenvalue weighted by Crippen LogP contribution is -2.45. The summed E-state index contributed by atoms with van der Waals surface area (Å²) < 4.78 is 5.44. The topological polar surface area (TPSA) is 95.9 Å². The van der Waals surface area contributed by atoms with E-state index in [1.54, 1.807) is 6.08 Å². The minimum absolute atomic E-state index is 0.0358. The van der Waals surface area contributed by atoms with Crippen LogP contribution in [0, 0.1) is 0 Å². The van der Waals surface area contributed by atoms with Crippen LogP contribution >= 0.6 is 0 Å². The number of hydrogen-bond acceptors (Lipinski definition) is 5. The van der Waals surface area contributed by atoms with Gasteiger partial charge in [-0.1, -0.05) is 185 Å². The predicted octanol–water partition coefficient (Wildman–Crippen LogP) is 12.9. The molecule has 0 heterocycles. The van der Waals surface area contributed by atoms with Crippen LogP contribution in [0.25, 0.3) is 0 Å². The molecule has 6 nitrogen and oxygen atoms in total. The molecule has 0 radical (unpaired) electrons. The lowest BCUT2D eigenvalue weighted by molar-refractivity contribution is -0.143. The van der Waals surface area contributed by atoms with E-state index < -0.39 is 12.1 Å². The second-order valence-corrected chi connectivity index (χ2v) is 15.4. The minimum atomic E-state index is -0.858. The first-order valence-electron chi connectivity index (χ1n) is 22.8. The molecule has 0 saturated carbocycles. The number of aliphatic hydroxyl groups is 2. The third-order valence-electron chi connectivity index (χ3n) is 10.2. The van der Waals surface area contributed by atoms with Crippen molar-refractivity contribution in [2.45, 2.75) is 238 Å². The molecule has 0 aliphatic heterocycles. The highest BCUT2D eigenvalue weighted by molar-refractivity contribution is 5.76. The number of allylic oxidation sites excluding steroid dienone is 5. The zero-order valence-electron chi connectivity index (χ0n) is 35.0. The number of ether oxygens (including phenoxy) is 1. The van der Waals surface area contributed by atoms with Gasteiger partial charge in [-0.2, -0.15) is 0 Å². The zero-order valence-corrected chi connectivity index (χ0v) is 35.0. The van der Waals surface area contributed by atoms with Gasteiger partial charge in [-0.05, 0) is 64.2 Å². The fraction of sp³-hybridized carbons (Fsp3) is 0.830. The summed E-state index contributed by atoms with van der Waals surface area (Å²) in [6, 6.07) is -0.644. The Kier molecular flexibility index (Phi) is 41.3. The molecule has 0 aromatic carbocycles. The molecule has 0 aliphatic carbocycles. The van der Waals surface area contributed by atoms with E-state index >= 15 is 0 Å². The quantitative estimate of drug-likeness (QED) is 0.0329. The van der Waals surface area contributed by atoms with Gasteiger partial charge in [0.15, 0.2) is 0 Å². The van der Waals surface area contributed by atoms with Crippen LogP contribution in [0.2, 0.25) is 0 Å². The molecule has 6 heteroatoms. The fourth-order valence-electron chi connectivity index (χ4n) is 6.60. The van der Waals surface area contributed by atoms with E-state index in [2.05, 4.69) is 43.5 Å². The Labute approximate surface area is 328 Å². The first-order valence-corrected chi connectivity index (χ1v) is 22.8. The Hall–Kier alpha value is -1.92. The van der Waals surface area contributed by atoms with Gasteiger partial charge in [0.1, 0.15) is 0 Å². The van der Waals surface area contributed by atoms with E-state index in [1.165, 1.54) is 128 Å². The Morgan fingerprint density at radius 1 is 0.528 bits per heavy atom. The van der Waals surface area contributed by atoms with E-state index in [1.807, 2.05) is 6.08 Å². The Balaban J connectivity index is 3.52. The number of rotatable bonds is 41. The lowest BCUT2D eigenvalue weighted by atomic mass is 10.1. The van der Waals surface area contributed by atoms with Gasteiger partial charge >= 0.3 is 5.97 Å². The van der Waals surface area contributed by atoms with Crippen molar-refractivity contribution in [2.24, 2.45) is 0 Å². The number of amides is 1. The minimum Gasteiger partial charge on any atom is -0.466 e. The van der Waals surface area contributed by atoms with Crippen molar-refractivity contribution in [3.05, 3.63) is 36.5 Å². The maximum absolute atomic E-state index is 12.3. The molecule has 0 spiro atoms. The van der Waals surface area contributed by atoms with Crippen LogP contribution in [0.3, 0.4) is 0 Å². The molecule has 0 aromatic rings. The van der Waals surface area contributed by atoms with Crippen LogP contribution in [0.5, 0.6) is 0 Å². The van der Waals surface area contributed by atoms with E-state index in [9.17, 15) is 19.8 Å².